The minimum atomic E-state index is -1.72. The molecule has 0 saturated carbocycles. The van der Waals surface area contributed by atoms with Gasteiger partial charge in [0.2, 0.25) is 11.8 Å². The molecule has 2 fully saturated rings. The summed E-state index contributed by atoms with van der Waals surface area (Å²) in [4.78, 5) is 83.5. The van der Waals surface area contributed by atoms with Gasteiger partial charge in [-0.3, -0.25) is 39.6 Å². The van der Waals surface area contributed by atoms with Crippen LogP contribution in [-0.4, -0.2) is 84.6 Å². The van der Waals surface area contributed by atoms with Gasteiger partial charge in [-0.1, -0.05) is 48.6 Å². The fraction of sp³-hybridized carbons (Fsp3) is 0.364. The van der Waals surface area contributed by atoms with E-state index < -0.39 is 75.6 Å². The van der Waals surface area contributed by atoms with Crippen molar-refractivity contribution >= 4 is 51.7 Å². The molecule has 0 spiro atoms. The molecule has 318 valence electrons. The number of likely N-dealkylation sites (tertiary alicyclic amines) is 2. The maximum absolute atomic E-state index is 14.7. The van der Waals surface area contributed by atoms with Crippen molar-refractivity contribution in [2.24, 2.45) is 22.3 Å². The lowest BCUT2D eigenvalue weighted by atomic mass is 9.61. The van der Waals surface area contributed by atoms with E-state index in [4.69, 9.17) is 11.5 Å². The van der Waals surface area contributed by atoms with Gasteiger partial charge in [-0.15, -0.1) is 0 Å². The molecule has 15 nitrogen and oxygen atoms in total. The first-order valence-electron chi connectivity index (χ1n) is 20.0. The highest BCUT2D eigenvalue weighted by atomic mass is 79.9. The maximum atomic E-state index is 14.7. The highest BCUT2D eigenvalue weighted by molar-refractivity contribution is 9.10. The Labute approximate surface area is 358 Å². The molecule has 2 unspecified atom stereocenters. The first kappa shape index (κ1) is 41.8. The molecule has 1 aromatic heterocycles. The van der Waals surface area contributed by atoms with E-state index in [1.807, 2.05) is 20.4 Å². The summed E-state index contributed by atoms with van der Waals surface area (Å²) >= 11 is 3.86. The van der Waals surface area contributed by atoms with E-state index in [2.05, 4.69) is 26.6 Å². The van der Waals surface area contributed by atoms with Crippen LogP contribution in [-0.2, 0) is 19.2 Å². The number of fused-ring (bicyclic) bond motifs is 4. The molecule has 2 aliphatic heterocycles. The molecule has 4 atom stereocenters. The number of allylic oxidation sites excluding steroid dienone is 8. The molecule has 3 heterocycles. The van der Waals surface area contributed by atoms with Crippen LogP contribution in [0.2, 0.25) is 0 Å². The predicted octanol–water partition coefficient (Wildman–Crippen LogP) is 5.35. The zero-order valence-electron chi connectivity index (χ0n) is 33.4. The number of carboxylic acid groups (broad SMARTS) is 2. The number of halogens is 2. The molecule has 6 amide bonds. The average molecular weight is 899 g/mol. The molecule has 2 aromatic rings. The zero-order chi connectivity index (χ0) is 43.8. The molecule has 2 saturated heterocycles. The number of benzene rings is 1. The third kappa shape index (κ3) is 6.02. The lowest BCUT2D eigenvalue weighted by Crippen LogP contribution is -2.67. The Morgan fingerprint density at radius 3 is 1.54 bits per heavy atom. The third-order valence-corrected chi connectivity index (χ3v) is 14.7. The summed E-state index contributed by atoms with van der Waals surface area (Å²) < 4.78 is 17.2. The van der Waals surface area contributed by atoms with Gasteiger partial charge in [0.05, 0.1) is 28.6 Å². The molecule has 8 N–H and O–H groups in total. The second-order valence-corrected chi connectivity index (χ2v) is 17.6. The van der Waals surface area contributed by atoms with Gasteiger partial charge in [0.25, 0.3) is 11.8 Å². The van der Waals surface area contributed by atoms with Crippen molar-refractivity contribution < 1.29 is 43.4 Å². The maximum Gasteiger partial charge on any atom is 0.411 e. The SMILES string of the molecule is C[C@](C(=O)NC(=O)O)(N1CCCC1c1cc(Br)c(C2CCCN2[C@](C)(C(=O)NC(=O)O)C2(CC(N)=O)C3=CC=C2C=C3)n1-c1ccc(F)cc1)C1(CC(N)=O)C2=CC=C1C=C2. The summed E-state index contributed by atoms with van der Waals surface area (Å²) in [6.45, 7) is 3.90. The van der Waals surface area contributed by atoms with Gasteiger partial charge in [0, 0.05) is 28.7 Å². The fourth-order valence-corrected chi connectivity index (χ4v) is 12.2. The van der Waals surface area contributed by atoms with E-state index in [9.17, 15) is 43.4 Å². The summed E-state index contributed by atoms with van der Waals surface area (Å²) in [7, 11) is 0. The minimum absolute atomic E-state index is 0.291. The molecule has 8 rings (SSSR count). The fourth-order valence-electron chi connectivity index (χ4n) is 11.5. The van der Waals surface area contributed by atoms with E-state index in [0.717, 1.165) is 0 Å². The van der Waals surface area contributed by atoms with E-state index in [0.29, 0.717) is 82.6 Å². The van der Waals surface area contributed by atoms with Gasteiger partial charge in [-0.2, -0.15) is 0 Å². The first-order chi connectivity index (χ1) is 28.9. The van der Waals surface area contributed by atoms with Crippen molar-refractivity contribution in [2.45, 2.75) is 75.5 Å². The van der Waals surface area contributed by atoms with E-state index in [1.54, 1.807) is 74.6 Å². The van der Waals surface area contributed by atoms with Crippen LogP contribution >= 0.6 is 15.9 Å². The molecule has 61 heavy (non-hydrogen) atoms. The smallest absolute Gasteiger partial charge is 0.411 e. The van der Waals surface area contributed by atoms with Crippen LogP contribution in [0.1, 0.15) is 75.8 Å². The Hall–Kier alpha value is -5.91. The molecule has 17 heteroatoms. The summed E-state index contributed by atoms with van der Waals surface area (Å²) in [5.74, 6) is -3.56. The second kappa shape index (κ2) is 14.9. The normalized spacial score (nSPS) is 23.8. The molecule has 1 aromatic carbocycles. The highest BCUT2D eigenvalue weighted by Gasteiger charge is 2.66. The Bertz CT molecular complexity index is 2460. The summed E-state index contributed by atoms with van der Waals surface area (Å²) in [5, 5.41) is 24.1. The molecular weight excluding hydrogens is 853 g/mol. The summed E-state index contributed by atoms with van der Waals surface area (Å²) in [5.41, 5.74) is 10.1. The molecule has 4 aliphatic carbocycles. The van der Waals surface area contributed by atoms with Gasteiger partial charge >= 0.3 is 12.2 Å². The first-order valence-corrected chi connectivity index (χ1v) is 20.8. The van der Waals surface area contributed by atoms with Crippen LogP contribution in [0.5, 0.6) is 0 Å². The minimum Gasteiger partial charge on any atom is -0.465 e. The number of nitrogens with two attached hydrogens (primary N) is 2. The standard InChI is InChI=1S/C44H45BrFN7O8/c1-41(37(56)49-39(58)59,43(22-34(47)54)24-7-8-25(43)10-9-24)51-19-3-5-31(51)33-21-30(45)36(53(33)29-17-15-28(46)16-18-29)32-6-4-20-52(32)42(2,38(57)50-40(60)61)44(23-35(48)55)26-11-12-27(44)14-13-26/h7-18,21,31-32H,3-6,19-20,22-23H2,1-2H3,(H2,47,54)(H2,48,55)(H,49,56)(H,50,57)(H,58,59)(H,60,61)/t31?,32?,41-,42-/m1/s1. The second-order valence-electron chi connectivity index (χ2n) is 16.7. The molecular formula is C44H45BrFN7O8. The van der Waals surface area contributed by atoms with Crippen LogP contribution < -0.4 is 22.1 Å². The van der Waals surface area contributed by atoms with Crippen molar-refractivity contribution in [2.75, 3.05) is 13.1 Å². The van der Waals surface area contributed by atoms with Crippen molar-refractivity contribution in [1.29, 1.82) is 0 Å². The van der Waals surface area contributed by atoms with Gasteiger partial charge < -0.3 is 26.2 Å². The third-order valence-electron chi connectivity index (χ3n) is 14.0. The molecule has 6 aliphatic rings. The number of imide groups is 2. The zero-order valence-corrected chi connectivity index (χ0v) is 35.0. The number of amides is 6. The Balaban J connectivity index is 1.33. The average Bonchev–Trinajstić information content (AvgIpc) is 4.08. The number of nitrogens with zero attached hydrogens (tertiary/aromatic N) is 3. The number of hydrogen-bond acceptors (Lipinski definition) is 8. The summed E-state index contributed by atoms with van der Waals surface area (Å²) in [6.07, 6.45) is 12.8. The largest absolute Gasteiger partial charge is 0.465 e. The molecule has 0 radical (unpaired) electrons. The van der Waals surface area contributed by atoms with Crippen molar-refractivity contribution in [3.05, 3.63) is 123 Å². The van der Waals surface area contributed by atoms with E-state index in [-0.39, 0.29) is 12.8 Å². The number of rotatable bonds is 13. The van der Waals surface area contributed by atoms with Crippen molar-refractivity contribution in [1.82, 2.24) is 25.0 Å². The number of aromatic nitrogens is 1. The van der Waals surface area contributed by atoms with Gasteiger partial charge in [-0.05, 0) is 121 Å². The van der Waals surface area contributed by atoms with E-state index in [1.165, 1.54) is 12.1 Å². The van der Waals surface area contributed by atoms with Gasteiger partial charge in [0.1, 0.15) is 16.9 Å². The lowest BCUT2D eigenvalue weighted by molar-refractivity contribution is -0.141. The number of hydrogen-bond donors (Lipinski definition) is 6. The number of carbonyl (C=O) groups excluding carboxylic acids is 4. The number of primary amides is 2. The Kier molecular flexibility index (Phi) is 10.2. The quantitative estimate of drug-likeness (QED) is 0.151. The topological polar surface area (TPSA) is 230 Å². The van der Waals surface area contributed by atoms with Crippen molar-refractivity contribution in [3.8, 4) is 5.69 Å². The monoisotopic (exact) mass is 897 g/mol. The number of nitrogens with one attached hydrogen (secondary N) is 2. The van der Waals surface area contributed by atoms with Gasteiger partial charge in [-0.25, -0.2) is 14.0 Å². The van der Waals surface area contributed by atoms with Crippen LogP contribution in [0.4, 0.5) is 14.0 Å². The van der Waals surface area contributed by atoms with Crippen LogP contribution in [0, 0.1) is 16.6 Å². The lowest BCUT2D eigenvalue weighted by Gasteiger charge is -2.52. The van der Waals surface area contributed by atoms with Crippen LogP contribution in [0.3, 0.4) is 0 Å². The van der Waals surface area contributed by atoms with Crippen molar-refractivity contribution in [3.63, 3.8) is 0 Å². The van der Waals surface area contributed by atoms with E-state index >= 15 is 0 Å². The van der Waals surface area contributed by atoms with Crippen LogP contribution in [0.15, 0.2) is 106 Å². The molecule has 4 bridgehead atoms. The van der Waals surface area contributed by atoms with Crippen LogP contribution in [0.25, 0.3) is 5.69 Å². The van der Waals surface area contributed by atoms with Gasteiger partial charge in [0.15, 0.2) is 0 Å². The Morgan fingerprint density at radius 1 is 0.738 bits per heavy atom. The summed E-state index contributed by atoms with van der Waals surface area (Å²) in [6, 6.07) is 6.49. The number of carbonyl (C=O) groups is 6. The highest BCUT2D eigenvalue weighted by Crippen LogP contribution is 2.62. The Morgan fingerprint density at radius 2 is 1.15 bits per heavy atom. The predicted molar refractivity (Wildman–Crippen MR) is 223 cm³/mol.